The van der Waals surface area contributed by atoms with Crippen LogP contribution in [-0.2, 0) is 0 Å². The van der Waals surface area contributed by atoms with Crippen molar-refractivity contribution in [3.63, 3.8) is 0 Å². The van der Waals surface area contributed by atoms with Crippen LogP contribution in [0.3, 0.4) is 0 Å². The molecule has 1 atom stereocenters. The molecule has 0 aliphatic carbocycles. The smallest absolute Gasteiger partial charge is 0.243 e. The minimum atomic E-state index is -2.20. The second-order valence-electron chi connectivity index (χ2n) is 4.35. The standard InChI is InChI=1S/C9H17F2N.ClH/c1-9(2,8(10)11)5-7-3-4-12-6-7;/h7-8,12H,3-6H2,1-2H3;1H. The highest BCUT2D eigenvalue weighted by atomic mass is 35.5. The maximum atomic E-state index is 12.4. The molecule has 1 fully saturated rings. The van der Waals surface area contributed by atoms with E-state index >= 15 is 0 Å². The van der Waals surface area contributed by atoms with Crippen LogP contribution in [0.1, 0.15) is 26.7 Å². The van der Waals surface area contributed by atoms with Crippen LogP contribution in [0.2, 0.25) is 0 Å². The van der Waals surface area contributed by atoms with Crippen molar-refractivity contribution in [2.24, 2.45) is 11.3 Å². The number of hydrogen-bond acceptors (Lipinski definition) is 1. The Kier molecular flexibility index (Phi) is 5.15. The van der Waals surface area contributed by atoms with E-state index in [2.05, 4.69) is 5.32 Å². The molecule has 0 saturated carbocycles. The van der Waals surface area contributed by atoms with Gasteiger partial charge in [0, 0.05) is 5.41 Å². The minimum absolute atomic E-state index is 0. The molecule has 0 aromatic carbocycles. The van der Waals surface area contributed by atoms with Crippen molar-refractivity contribution >= 4 is 12.4 Å². The van der Waals surface area contributed by atoms with E-state index in [0.29, 0.717) is 12.3 Å². The van der Waals surface area contributed by atoms with Crippen molar-refractivity contribution in [1.82, 2.24) is 5.32 Å². The van der Waals surface area contributed by atoms with Crippen LogP contribution in [0.4, 0.5) is 8.78 Å². The zero-order chi connectivity index (χ0) is 9.19. The summed E-state index contributed by atoms with van der Waals surface area (Å²) in [5, 5.41) is 3.19. The molecule has 80 valence electrons. The molecule has 13 heavy (non-hydrogen) atoms. The first-order chi connectivity index (χ1) is 5.52. The summed E-state index contributed by atoms with van der Waals surface area (Å²) in [6, 6.07) is 0. The molecule has 1 aliphatic heterocycles. The van der Waals surface area contributed by atoms with Crippen LogP contribution >= 0.6 is 12.4 Å². The van der Waals surface area contributed by atoms with E-state index in [1.807, 2.05) is 0 Å². The predicted molar refractivity (Wildman–Crippen MR) is 52.6 cm³/mol. The highest BCUT2D eigenvalue weighted by Crippen LogP contribution is 2.34. The second-order valence-corrected chi connectivity index (χ2v) is 4.35. The fourth-order valence-electron chi connectivity index (χ4n) is 1.72. The number of halogens is 3. The fraction of sp³-hybridized carbons (Fsp3) is 1.00. The maximum absolute atomic E-state index is 12.4. The average molecular weight is 214 g/mol. The largest absolute Gasteiger partial charge is 0.316 e. The lowest BCUT2D eigenvalue weighted by atomic mass is 9.83. The third kappa shape index (κ3) is 3.77. The third-order valence-corrected chi connectivity index (χ3v) is 2.57. The Hall–Kier alpha value is 0.110. The normalized spacial score (nSPS) is 23.3. The zero-order valence-electron chi connectivity index (χ0n) is 8.15. The van der Waals surface area contributed by atoms with Gasteiger partial charge in [0.2, 0.25) is 6.43 Å². The SMILES string of the molecule is CC(C)(CC1CCNC1)C(F)F.Cl. The number of rotatable bonds is 3. The minimum Gasteiger partial charge on any atom is -0.316 e. The van der Waals surface area contributed by atoms with Gasteiger partial charge in [-0.1, -0.05) is 13.8 Å². The Morgan fingerprint density at radius 2 is 2.08 bits per heavy atom. The molecule has 1 saturated heterocycles. The van der Waals surface area contributed by atoms with Crippen LogP contribution in [0.5, 0.6) is 0 Å². The van der Waals surface area contributed by atoms with Crippen LogP contribution in [0.25, 0.3) is 0 Å². The van der Waals surface area contributed by atoms with Crippen molar-refractivity contribution in [2.45, 2.75) is 33.1 Å². The van der Waals surface area contributed by atoms with Gasteiger partial charge < -0.3 is 5.32 Å². The van der Waals surface area contributed by atoms with Crippen molar-refractivity contribution in [3.05, 3.63) is 0 Å². The van der Waals surface area contributed by atoms with E-state index in [9.17, 15) is 8.78 Å². The molecule has 0 spiro atoms. The van der Waals surface area contributed by atoms with Crippen LogP contribution in [0.15, 0.2) is 0 Å². The molecule has 1 heterocycles. The molecule has 0 aromatic rings. The van der Waals surface area contributed by atoms with Crippen LogP contribution in [0, 0.1) is 11.3 Å². The summed E-state index contributed by atoms with van der Waals surface area (Å²) < 4.78 is 24.9. The summed E-state index contributed by atoms with van der Waals surface area (Å²) >= 11 is 0. The van der Waals surface area contributed by atoms with Gasteiger partial charge in [0.15, 0.2) is 0 Å². The first-order valence-corrected chi connectivity index (χ1v) is 4.51. The van der Waals surface area contributed by atoms with Crippen molar-refractivity contribution in [3.8, 4) is 0 Å². The summed E-state index contributed by atoms with van der Waals surface area (Å²) in [4.78, 5) is 0. The van der Waals surface area contributed by atoms with Crippen molar-refractivity contribution < 1.29 is 8.78 Å². The maximum Gasteiger partial charge on any atom is 0.243 e. The van der Waals surface area contributed by atoms with Gasteiger partial charge in [0.05, 0.1) is 0 Å². The molecule has 1 aliphatic rings. The number of alkyl halides is 2. The molecule has 1 N–H and O–H groups in total. The molecule has 1 rings (SSSR count). The summed E-state index contributed by atoms with van der Waals surface area (Å²) in [7, 11) is 0. The third-order valence-electron chi connectivity index (χ3n) is 2.57. The number of nitrogens with one attached hydrogen (secondary N) is 1. The molecule has 4 heteroatoms. The highest BCUT2D eigenvalue weighted by molar-refractivity contribution is 5.85. The highest BCUT2D eigenvalue weighted by Gasteiger charge is 2.33. The van der Waals surface area contributed by atoms with Crippen LogP contribution in [-0.4, -0.2) is 19.5 Å². The molecule has 0 bridgehead atoms. The molecule has 0 amide bonds. The molecule has 1 unspecified atom stereocenters. The monoisotopic (exact) mass is 213 g/mol. The van der Waals surface area contributed by atoms with E-state index in [1.165, 1.54) is 0 Å². The van der Waals surface area contributed by atoms with E-state index in [0.717, 1.165) is 19.5 Å². The zero-order valence-corrected chi connectivity index (χ0v) is 8.96. The van der Waals surface area contributed by atoms with Crippen molar-refractivity contribution in [2.75, 3.05) is 13.1 Å². The van der Waals surface area contributed by atoms with E-state index < -0.39 is 11.8 Å². The molecular formula is C9H18ClF2N. The first-order valence-electron chi connectivity index (χ1n) is 4.51. The Morgan fingerprint density at radius 3 is 2.46 bits per heavy atom. The van der Waals surface area contributed by atoms with Gasteiger partial charge in [-0.25, -0.2) is 8.78 Å². The Morgan fingerprint density at radius 1 is 1.46 bits per heavy atom. The molecule has 0 radical (unpaired) electrons. The van der Waals surface area contributed by atoms with Crippen molar-refractivity contribution in [1.29, 1.82) is 0 Å². The molecular weight excluding hydrogens is 196 g/mol. The fourth-order valence-corrected chi connectivity index (χ4v) is 1.72. The van der Waals surface area contributed by atoms with Gasteiger partial charge in [-0.3, -0.25) is 0 Å². The van der Waals surface area contributed by atoms with E-state index in [1.54, 1.807) is 13.8 Å². The lowest BCUT2D eigenvalue weighted by molar-refractivity contribution is 0.00492. The Bertz CT molecular complexity index is 145. The van der Waals surface area contributed by atoms with Gasteiger partial charge in [-0.2, -0.15) is 0 Å². The Balaban J connectivity index is 0.00000144. The summed E-state index contributed by atoms with van der Waals surface area (Å²) in [5.74, 6) is 0.453. The quantitative estimate of drug-likeness (QED) is 0.760. The molecule has 1 nitrogen and oxygen atoms in total. The number of hydrogen-bond donors (Lipinski definition) is 1. The van der Waals surface area contributed by atoms with Crippen LogP contribution < -0.4 is 5.32 Å². The molecule has 0 aromatic heterocycles. The average Bonchev–Trinajstić information content (AvgIpc) is 2.38. The van der Waals surface area contributed by atoms with Gasteiger partial charge >= 0.3 is 0 Å². The summed E-state index contributed by atoms with van der Waals surface area (Å²) in [6.45, 7) is 5.20. The summed E-state index contributed by atoms with van der Waals surface area (Å²) in [6.07, 6.45) is -0.508. The predicted octanol–water partition coefficient (Wildman–Crippen LogP) is 2.70. The van der Waals surface area contributed by atoms with Gasteiger partial charge in [0.1, 0.15) is 0 Å². The lowest BCUT2D eigenvalue weighted by Crippen LogP contribution is -2.26. The first kappa shape index (κ1) is 13.1. The van der Waals surface area contributed by atoms with Gasteiger partial charge in [0.25, 0.3) is 0 Å². The lowest BCUT2D eigenvalue weighted by Gasteiger charge is -2.26. The van der Waals surface area contributed by atoms with Gasteiger partial charge in [-0.05, 0) is 31.8 Å². The van der Waals surface area contributed by atoms with E-state index in [4.69, 9.17) is 0 Å². The summed E-state index contributed by atoms with van der Waals surface area (Å²) in [5.41, 5.74) is -0.809. The van der Waals surface area contributed by atoms with Gasteiger partial charge in [-0.15, -0.1) is 12.4 Å². The topological polar surface area (TPSA) is 12.0 Å². The second kappa shape index (κ2) is 5.11. The van der Waals surface area contributed by atoms with E-state index in [-0.39, 0.29) is 12.4 Å². The Labute approximate surface area is 84.7 Å².